The number of nitrogens with one attached hydrogen (secondary N) is 2. The average molecular weight is 277 g/mol. The van der Waals surface area contributed by atoms with E-state index >= 15 is 0 Å². The van der Waals surface area contributed by atoms with Gasteiger partial charge in [0.1, 0.15) is 5.82 Å². The number of hydrogen-bond donors (Lipinski definition) is 2. The van der Waals surface area contributed by atoms with E-state index < -0.39 is 0 Å². The van der Waals surface area contributed by atoms with Gasteiger partial charge < -0.3 is 10.3 Å². The van der Waals surface area contributed by atoms with Gasteiger partial charge in [-0.1, -0.05) is 34.6 Å². The van der Waals surface area contributed by atoms with Crippen molar-refractivity contribution in [3.05, 3.63) is 17.7 Å². The number of aromatic nitrogens is 2. The standard InChI is InChI=1S/C17H31N3/c1-12(2)18-10-15-11-19-16(20-15)13-6-8-14(9-7-13)17(3,4)5/h11-14,18H,6-10H2,1-5H3,(H,19,20). The van der Waals surface area contributed by atoms with E-state index in [-0.39, 0.29) is 0 Å². The second-order valence-electron chi connectivity index (χ2n) is 7.74. The Labute approximate surface area is 124 Å². The number of nitrogens with zero attached hydrogens (tertiary/aromatic N) is 1. The fourth-order valence-electron chi connectivity index (χ4n) is 3.22. The van der Waals surface area contributed by atoms with E-state index in [1.54, 1.807) is 0 Å². The van der Waals surface area contributed by atoms with Gasteiger partial charge in [0.15, 0.2) is 0 Å². The van der Waals surface area contributed by atoms with E-state index in [0.29, 0.717) is 17.4 Å². The number of hydrogen-bond acceptors (Lipinski definition) is 2. The molecule has 1 aromatic rings. The zero-order valence-electron chi connectivity index (χ0n) is 13.8. The molecule has 114 valence electrons. The lowest BCUT2D eigenvalue weighted by molar-refractivity contribution is 0.167. The summed E-state index contributed by atoms with van der Waals surface area (Å²) in [5.41, 5.74) is 1.67. The first-order valence-corrected chi connectivity index (χ1v) is 8.13. The minimum atomic E-state index is 0.459. The first-order chi connectivity index (χ1) is 9.36. The van der Waals surface area contributed by atoms with E-state index in [0.717, 1.165) is 12.5 Å². The summed E-state index contributed by atoms with van der Waals surface area (Å²) in [7, 11) is 0. The van der Waals surface area contributed by atoms with Gasteiger partial charge in [-0.3, -0.25) is 0 Å². The van der Waals surface area contributed by atoms with Crippen LogP contribution in [0.4, 0.5) is 0 Å². The fourth-order valence-corrected chi connectivity index (χ4v) is 3.22. The van der Waals surface area contributed by atoms with Crippen LogP contribution in [0.1, 0.15) is 77.7 Å². The Hall–Kier alpha value is -0.830. The summed E-state index contributed by atoms with van der Waals surface area (Å²) < 4.78 is 0. The first-order valence-electron chi connectivity index (χ1n) is 8.13. The molecule has 0 aromatic carbocycles. The molecule has 0 saturated heterocycles. The first kappa shape index (κ1) is 15.6. The molecule has 0 bridgehead atoms. The maximum absolute atomic E-state index is 4.61. The minimum Gasteiger partial charge on any atom is -0.345 e. The van der Waals surface area contributed by atoms with Crippen molar-refractivity contribution in [2.24, 2.45) is 11.3 Å². The van der Waals surface area contributed by atoms with Gasteiger partial charge in [0.2, 0.25) is 0 Å². The van der Waals surface area contributed by atoms with Crippen molar-refractivity contribution in [3.8, 4) is 0 Å². The highest BCUT2D eigenvalue weighted by atomic mass is 15.0. The number of imidazole rings is 1. The van der Waals surface area contributed by atoms with Crippen LogP contribution in [0.25, 0.3) is 0 Å². The zero-order chi connectivity index (χ0) is 14.8. The second-order valence-corrected chi connectivity index (χ2v) is 7.74. The van der Waals surface area contributed by atoms with E-state index in [9.17, 15) is 0 Å². The monoisotopic (exact) mass is 277 g/mol. The summed E-state index contributed by atoms with van der Waals surface area (Å²) in [4.78, 5) is 8.13. The summed E-state index contributed by atoms with van der Waals surface area (Å²) in [6, 6.07) is 0.518. The molecule has 2 rings (SSSR count). The summed E-state index contributed by atoms with van der Waals surface area (Å²) in [6.07, 6.45) is 7.25. The van der Waals surface area contributed by atoms with Gasteiger partial charge in [0, 0.05) is 30.4 Å². The highest BCUT2D eigenvalue weighted by Gasteiger charge is 2.31. The molecule has 1 aliphatic carbocycles. The average Bonchev–Trinajstić information content (AvgIpc) is 2.84. The third-order valence-electron chi connectivity index (χ3n) is 4.69. The van der Waals surface area contributed by atoms with E-state index in [1.807, 2.05) is 6.20 Å². The van der Waals surface area contributed by atoms with E-state index in [1.165, 1.54) is 37.2 Å². The van der Waals surface area contributed by atoms with Gasteiger partial charge in [-0.2, -0.15) is 0 Å². The highest BCUT2D eigenvalue weighted by molar-refractivity contribution is 5.07. The molecule has 0 atom stereocenters. The lowest BCUT2D eigenvalue weighted by Gasteiger charge is -2.36. The topological polar surface area (TPSA) is 40.7 Å². The molecule has 0 unspecified atom stereocenters. The molecule has 2 N–H and O–H groups in total. The van der Waals surface area contributed by atoms with Crippen molar-refractivity contribution in [2.75, 3.05) is 0 Å². The molecular formula is C17H31N3. The molecule has 0 spiro atoms. The lowest BCUT2D eigenvalue weighted by atomic mass is 9.70. The maximum atomic E-state index is 4.61. The van der Waals surface area contributed by atoms with Crippen molar-refractivity contribution >= 4 is 0 Å². The quantitative estimate of drug-likeness (QED) is 0.864. The number of rotatable bonds is 4. The Morgan fingerprint density at radius 2 is 1.90 bits per heavy atom. The molecule has 0 aliphatic heterocycles. The van der Waals surface area contributed by atoms with Crippen LogP contribution in [0, 0.1) is 11.3 Å². The molecule has 3 heteroatoms. The van der Waals surface area contributed by atoms with E-state index in [4.69, 9.17) is 0 Å². The Balaban J connectivity index is 1.88. The molecule has 20 heavy (non-hydrogen) atoms. The number of aromatic amines is 1. The molecule has 3 nitrogen and oxygen atoms in total. The lowest BCUT2D eigenvalue weighted by Crippen LogP contribution is -2.25. The predicted molar refractivity (Wildman–Crippen MR) is 84.7 cm³/mol. The second kappa shape index (κ2) is 6.30. The Kier molecular flexibility index (Phi) is 4.90. The minimum absolute atomic E-state index is 0.459. The van der Waals surface area contributed by atoms with E-state index in [2.05, 4.69) is 49.9 Å². The molecular weight excluding hydrogens is 246 g/mol. The van der Waals surface area contributed by atoms with Gasteiger partial charge in [0.25, 0.3) is 0 Å². The van der Waals surface area contributed by atoms with Crippen molar-refractivity contribution in [2.45, 2.75) is 78.8 Å². The molecule has 1 heterocycles. The summed E-state index contributed by atoms with van der Waals surface area (Å²) in [5.74, 6) is 2.72. The van der Waals surface area contributed by atoms with Gasteiger partial charge in [0.05, 0.1) is 0 Å². The van der Waals surface area contributed by atoms with Crippen LogP contribution >= 0.6 is 0 Å². The zero-order valence-corrected chi connectivity index (χ0v) is 13.8. The highest BCUT2D eigenvalue weighted by Crippen LogP contribution is 2.42. The molecule has 1 aliphatic rings. The van der Waals surface area contributed by atoms with Gasteiger partial charge >= 0.3 is 0 Å². The largest absolute Gasteiger partial charge is 0.345 e. The molecule has 1 aromatic heterocycles. The van der Waals surface area contributed by atoms with Crippen molar-refractivity contribution < 1.29 is 0 Å². The Bertz CT molecular complexity index is 406. The molecule has 1 saturated carbocycles. The summed E-state index contributed by atoms with van der Waals surface area (Å²) in [5, 5.41) is 3.43. The summed E-state index contributed by atoms with van der Waals surface area (Å²) >= 11 is 0. The van der Waals surface area contributed by atoms with Crippen molar-refractivity contribution in [1.29, 1.82) is 0 Å². The third-order valence-corrected chi connectivity index (χ3v) is 4.69. The fraction of sp³-hybridized carbons (Fsp3) is 0.824. The molecule has 0 amide bonds. The van der Waals surface area contributed by atoms with Crippen LogP contribution in [-0.2, 0) is 6.54 Å². The maximum Gasteiger partial charge on any atom is 0.109 e. The van der Waals surface area contributed by atoms with Crippen molar-refractivity contribution in [3.63, 3.8) is 0 Å². The Morgan fingerprint density at radius 1 is 1.25 bits per heavy atom. The van der Waals surface area contributed by atoms with Crippen molar-refractivity contribution in [1.82, 2.24) is 15.3 Å². The SMILES string of the molecule is CC(C)NCc1cnc(C2CCC(C(C)(C)C)CC2)[nH]1. The predicted octanol–water partition coefficient (Wildman–Crippen LogP) is 4.23. The third kappa shape index (κ3) is 4.08. The Morgan fingerprint density at radius 3 is 2.45 bits per heavy atom. The molecule has 1 fully saturated rings. The van der Waals surface area contributed by atoms with Gasteiger partial charge in [-0.25, -0.2) is 4.98 Å². The van der Waals surface area contributed by atoms with Crippen LogP contribution in [0.5, 0.6) is 0 Å². The summed E-state index contributed by atoms with van der Waals surface area (Å²) in [6.45, 7) is 12.4. The normalized spacial score (nSPS) is 24.3. The van der Waals surface area contributed by atoms with Crippen LogP contribution in [0.3, 0.4) is 0 Å². The van der Waals surface area contributed by atoms with Crippen LogP contribution in [0.2, 0.25) is 0 Å². The number of H-pyrrole nitrogens is 1. The van der Waals surface area contributed by atoms with Crippen LogP contribution < -0.4 is 5.32 Å². The smallest absolute Gasteiger partial charge is 0.109 e. The van der Waals surface area contributed by atoms with Gasteiger partial charge in [-0.05, 0) is 37.0 Å². The van der Waals surface area contributed by atoms with Gasteiger partial charge in [-0.15, -0.1) is 0 Å². The molecule has 0 radical (unpaired) electrons. The van der Waals surface area contributed by atoms with Crippen LogP contribution in [-0.4, -0.2) is 16.0 Å². The van der Waals surface area contributed by atoms with Crippen LogP contribution in [0.15, 0.2) is 6.20 Å².